The molecule has 1 heterocycles. The van der Waals surface area contributed by atoms with Crippen LogP contribution in [0.4, 0.5) is 5.69 Å². The van der Waals surface area contributed by atoms with Gasteiger partial charge in [-0.25, -0.2) is 0 Å². The van der Waals surface area contributed by atoms with Gasteiger partial charge in [-0.3, -0.25) is 4.98 Å². The van der Waals surface area contributed by atoms with Crippen molar-refractivity contribution in [2.45, 2.75) is 25.9 Å². The molecule has 2 rings (SSSR count). The second-order valence-corrected chi connectivity index (χ2v) is 4.40. The zero-order valence-corrected chi connectivity index (χ0v) is 10.5. The Hall–Kier alpha value is -1.87. The van der Waals surface area contributed by atoms with Crippen molar-refractivity contribution in [1.29, 1.82) is 0 Å². The van der Waals surface area contributed by atoms with Gasteiger partial charge in [-0.2, -0.15) is 0 Å². The number of nitrogen functional groups attached to an aromatic ring is 1. The monoisotopic (exact) mass is 242 g/mol. The van der Waals surface area contributed by atoms with Gasteiger partial charge in [0.1, 0.15) is 0 Å². The van der Waals surface area contributed by atoms with Crippen LogP contribution in [0, 0.1) is 0 Å². The molecule has 0 saturated carbocycles. The summed E-state index contributed by atoms with van der Waals surface area (Å²) in [4.78, 5) is 4.35. The maximum absolute atomic E-state index is 10.1. The molecule has 0 aliphatic carbocycles. The van der Waals surface area contributed by atoms with Crippen LogP contribution < -0.4 is 5.73 Å². The normalized spacial score (nSPS) is 12.3. The van der Waals surface area contributed by atoms with E-state index in [0.717, 1.165) is 17.7 Å². The summed E-state index contributed by atoms with van der Waals surface area (Å²) in [5.41, 5.74) is 9.29. The number of aromatic nitrogens is 1. The molecule has 94 valence electrons. The Morgan fingerprint density at radius 1 is 1.28 bits per heavy atom. The summed E-state index contributed by atoms with van der Waals surface area (Å²) in [6.07, 6.45) is 2.79. The molecule has 18 heavy (non-hydrogen) atoms. The maximum atomic E-state index is 10.1. The van der Waals surface area contributed by atoms with Gasteiger partial charge in [-0.1, -0.05) is 25.1 Å². The van der Waals surface area contributed by atoms with Crippen molar-refractivity contribution in [2.75, 3.05) is 5.73 Å². The number of nitrogens with two attached hydrogens (primary N) is 1. The summed E-state index contributed by atoms with van der Waals surface area (Å²) >= 11 is 0. The number of rotatable bonds is 4. The number of aliphatic hydroxyl groups excluding tert-OH is 1. The number of anilines is 1. The molecule has 0 saturated heterocycles. The molecule has 0 spiro atoms. The van der Waals surface area contributed by atoms with E-state index in [4.69, 9.17) is 5.73 Å². The van der Waals surface area contributed by atoms with Crippen molar-refractivity contribution in [2.24, 2.45) is 0 Å². The second kappa shape index (κ2) is 5.65. The Morgan fingerprint density at radius 2 is 2.11 bits per heavy atom. The lowest BCUT2D eigenvalue weighted by Crippen LogP contribution is -2.04. The van der Waals surface area contributed by atoms with E-state index in [1.54, 1.807) is 6.07 Å². The first kappa shape index (κ1) is 12.6. The SMILES string of the molecule is CCc1ccc(CC(O)c2cccc(N)c2)nc1. The van der Waals surface area contributed by atoms with Gasteiger partial charge in [-0.15, -0.1) is 0 Å². The minimum absolute atomic E-state index is 0.507. The lowest BCUT2D eigenvalue weighted by atomic mass is 10.0. The van der Waals surface area contributed by atoms with Gasteiger partial charge in [0.05, 0.1) is 6.10 Å². The Bertz CT molecular complexity index is 508. The largest absolute Gasteiger partial charge is 0.399 e. The highest BCUT2D eigenvalue weighted by atomic mass is 16.3. The number of aliphatic hydroxyl groups is 1. The molecule has 3 heteroatoms. The molecular formula is C15H18N2O. The van der Waals surface area contributed by atoms with E-state index in [-0.39, 0.29) is 0 Å². The highest BCUT2D eigenvalue weighted by Crippen LogP contribution is 2.19. The molecule has 0 aliphatic rings. The number of aryl methyl sites for hydroxylation is 1. The van der Waals surface area contributed by atoms with Gasteiger partial charge in [0.25, 0.3) is 0 Å². The smallest absolute Gasteiger partial charge is 0.0846 e. The first-order valence-electron chi connectivity index (χ1n) is 6.16. The minimum atomic E-state index is -0.562. The van der Waals surface area contributed by atoms with Crippen molar-refractivity contribution >= 4 is 5.69 Å². The third kappa shape index (κ3) is 3.08. The van der Waals surface area contributed by atoms with Gasteiger partial charge in [0.2, 0.25) is 0 Å². The zero-order valence-electron chi connectivity index (χ0n) is 10.5. The Kier molecular flexibility index (Phi) is 3.95. The minimum Gasteiger partial charge on any atom is -0.399 e. The topological polar surface area (TPSA) is 59.1 Å². The number of hydrogen-bond donors (Lipinski definition) is 2. The summed E-state index contributed by atoms with van der Waals surface area (Å²) in [6, 6.07) is 11.3. The predicted octanol–water partition coefficient (Wildman–Crippen LogP) is 2.50. The van der Waals surface area contributed by atoms with Crippen molar-refractivity contribution < 1.29 is 5.11 Å². The molecule has 1 unspecified atom stereocenters. The van der Waals surface area contributed by atoms with Gasteiger partial charge in [-0.05, 0) is 35.7 Å². The fourth-order valence-corrected chi connectivity index (χ4v) is 1.87. The molecule has 1 atom stereocenters. The summed E-state index contributed by atoms with van der Waals surface area (Å²) in [5, 5.41) is 10.1. The maximum Gasteiger partial charge on any atom is 0.0846 e. The summed E-state index contributed by atoms with van der Waals surface area (Å²) in [5.74, 6) is 0. The third-order valence-electron chi connectivity index (χ3n) is 2.99. The van der Waals surface area contributed by atoms with E-state index in [2.05, 4.69) is 18.0 Å². The Labute approximate surface area is 107 Å². The van der Waals surface area contributed by atoms with Crippen molar-refractivity contribution in [3.8, 4) is 0 Å². The average Bonchev–Trinajstić information content (AvgIpc) is 2.39. The highest BCUT2D eigenvalue weighted by molar-refractivity contribution is 5.41. The van der Waals surface area contributed by atoms with Crippen LogP contribution in [0.1, 0.15) is 29.8 Å². The molecule has 0 aliphatic heterocycles. The average molecular weight is 242 g/mol. The predicted molar refractivity (Wildman–Crippen MR) is 73.1 cm³/mol. The van der Waals surface area contributed by atoms with Crippen LogP contribution in [0.2, 0.25) is 0 Å². The van der Waals surface area contributed by atoms with Gasteiger partial charge >= 0.3 is 0 Å². The quantitative estimate of drug-likeness (QED) is 0.810. The molecule has 0 bridgehead atoms. The van der Waals surface area contributed by atoms with Crippen LogP contribution in [0.15, 0.2) is 42.6 Å². The molecule has 1 aromatic heterocycles. The van der Waals surface area contributed by atoms with Crippen LogP contribution in [0.5, 0.6) is 0 Å². The van der Waals surface area contributed by atoms with Crippen LogP contribution >= 0.6 is 0 Å². The second-order valence-electron chi connectivity index (χ2n) is 4.40. The number of nitrogens with zero attached hydrogens (tertiary/aromatic N) is 1. The van der Waals surface area contributed by atoms with E-state index in [1.807, 2.05) is 30.5 Å². The van der Waals surface area contributed by atoms with E-state index in [9.17, 15) is 5.11 Å². The Balaban J connectivity index is 2.08. The summed E-state index contributed by atoms with van der Waals surface area (Å²) < 4.78 is 0. The fraction of sp³-hybridized carbons (Fsp3) is 0.267. The number of hydrogen-bond acceptors (Lipinski definition) is 3. The van der Waals surface area contributed by atoms with Gasteiger partial charge in [0.15, 0.2) is 0 Å². The fourth-order valence-electron chi connectivity index (χ4n) is 1.87. The van der Waals surface area contributed by atoms with E-state index < -0.39 is 6.10 Å². The van der Waals surface area contributed by atoms with Crippen LogP contribution in [-0.4, -0.2) is 10.1 Å². The first-order valence-corrected chi connectivity index (χ1v) is 6.16. The number of pyridine rings is 1. The lowest BCUT2D eigenvalue weighted by Gasteiger charge is -2.11. The van der Waals surface area contributed by atoms with E-state index in [1.165, 1.54) is 5.56 Å². The van der Waals surface area contributed by atoms with Crippen molar-refractivity contribution in [1.82, 2.24) is 4.98 Å². The zero-order chi connectivity index (χ0) is 13.0. The van der Waals surface area contributed by atoms with E-state index in [0.29, 0.717) is 12.1 Å². The standard InChI is InChI=1S/C15H18N2O/c1-2-11-6-7-14(17-10-11)9-15(18)12-4-3-5-13(16)8-12/h3-8,10,15,18H,2,9,16H2,1H3. The molecule has 3 N–H and O–H groups in total. The van der Waals surface area contributed by atoms with Gasteiger partial charge < -0.3 is 10.8 Å². The van der Waals surface area contributed by atoms with Gasteiger partial charge in [0, 0.05) is 24.0 Å². The van der Waals surface area contributed by atoms with Crippen LogP contribution in [0.25, 0.3) is 0 Å². The summed E-state index contributed by atoms with van der Waals surface area (Å²) in [7, 11) is 0. The number of benzene rings is 1. The van der Waals surface area contributed by atoms with E-state index >= 15 is 0 Å². The van der Waals surface area contributed by atoms with Crippen molar-refractivity contribution in [3.63, 3.8) is 0 Å². The summed E-state index contributed by atoms with van der Waals surface area (Å²) in [6.45, 7) is 2.10. The molecule has 2 aromatic rings. The van der Waals surface area contributed by atoms with Crippen LogP contribution in [-0.2, 0) is 12.8 Å². The molecule has 1 aromatic carbocycles. The highest BCUT2D eigenvalue weighted by Gasteiger charge is 2.09. The molecule has 0 radical (unpaired) electrons. The molecule has 0 amide bonds. The van der Waals surface area contributed by atoms with Crippen molar-refractivity contribution in [3.05, 3.63) is 59.4 Å². The van der Waals surface area contributed by atoms with Crippen LogP contribution in [0.3, 0.4) is 0 Å². The Morgan fingerprint density at radius 3 is 2.72 bits per heavy atom. The molecular weight excluding hydrogens is 224 g/mol. The first-order chi connectivity index (χ1) is 8.69. The molecule has 3 nitrogen and oxygen atoms in total. The lowest BCUT2D eigenvalue weighted by molar-refractivity contribution is 0.177. The third-order valence-corrected chi connectivity index (χ3v) is 2.99. The molecule has 0 fully saturated rings.